The molecule has 0 aliphatic rings. The Labute approximate surface area is 131 Å². The number of hydrogen-bond donors (Lipinski definition) is 2. The van der Waals surface area contributed by atoms with Gasteiger partial charge in [0.15, 0.2) is 4.93 Å². The molecule has 0 radical (unpaired) electrons. The van der Waals surface area contributed by atoms with Crippen molar-refractivity contribution in [2.45, 2.75) is 102 Å². The first-order valence-corrected chi connectivity index (χ1v) is 10.0. The molecule has 0 aromatic carbocycles. The van der Waals surface area contributed by atoms with E-state index in [9.17, 15) is 13.5 Å². The van der Waals surface area contributed by atoms with Gasteiger partial charge in [-0.3, -0.25) is 4.55 Å². The molecule has 4 nitrogen and oxygen atoms in total. The smallest absolute Gasteiger partial charge is 0.294 e. The molecular weight excluding hydrogens is 288 g/mol. The van der Waals surface area contributed by atoms with E-state index in [1.54, 1.807) is 6.92 Å². The molecule has 2 N–H and O–H groups in total. The second-order valence-corrected chi connectivity index (χ2v) is 7.77. The zero-order valence-electron chi connectivity index (χ0n) is 13.8. The summed E-state index contributed by atoms with van der Waals surface area (Å²) in [5, 5.41) is 9.86. The van der Waals surface area contributed by atoms with Crippen molar-refractivity contribution in [3.05, 3.63) is 0 Å². The zero-order valence-corrected chi connectivity index (χ0v) is 14.6. The summed E-state index contributed by atoms with van der Waals surface area (Å²) in [6.45, 7) is 3.80. The van der Waals surface area contributed by atoms with E-state index in [-0.39, 0.29) is 12.8 Å². The lowest BCUT2D eigenvalue weighted by Gasteiger charge is -2.22. The van der Waals surface area contributed by atoms with Crippen molar-refractivity contribution in [2.24, 2.45) is 0 Å². The largest absolute Gasteiger partial charge is 0.372 e. The van der Waals surface area contributed by atoms with E-state index in [0.29, 0.717) is 6.42 Å². The van der Waals surface area contributed by atoms with Crippen LogP contribution in [-0.2, 0) is 10.1 Å². The molecule has 0 aliphatic heterocycles. The maximum absolute atomic E-state index is 11.1. The van der Waals surface area contributed by atoms with Crippen LogP contribution < -0.4 is 0 Å². The Hall–Kier alpha value is -0.130. The number of rotatable bonds is 14. The van der Waals surface area contributed by atoms with Crippen LogP contribution >= 0.6 is 0 Å². The molecule has 0 rings (SSSR count). The maximum atomic E-state index is 11.1. The normalized spacial score (nSPS) is 15.0. The summed E-state index contributed by atoms with van der Waals surface area (Å²) >= 11 is 0. The van der Waals surface area contributed by atoms with Gasteiger partial charge in [0, 0.05) is 0 Å². The van der Waals surface area contributed by atoms with Gasteiger partial charge < -0.3 is 5.11 Å². The van der Waals surface area contributed by atoms with Gasteiger partial charge in [-0.25, -0.2) is 0 Å². The lowest BCUT2D eigenvalue weighted by atomic mass is 10.0. The molecule has 0 fully saturated rings. The fourth-order valence-corrected chi connectivity index (χ4v) is 3.32. The highest BCUT2D eigenvalue weighted by Gasteiger charge is 2.37. The van der Waals surface area contributed by atoms with E-state index >= 15 is 0 Å². The van der Waals surface area contributed by atoms with Crippen LogP contribution in [0.2, 0.25) is 0 Å². The second kappa shape index (κ2) is 11.4. The van der Waals surface area contributed by atoms with Gasteiger partial charge in [0.05, 0.1) is 0 Å². The zero-order chi connectivity index (χ0) is 16.2. The van der Waals surface area contributed by atoms with Crippen molar-refractivity contribution in [1.82, 2.24) is 0 Å². The average molecular weight is 323 g/mol. The Morgan fingerprint density at radius 3 is 1.48 bits per heavy atom. The van der Waals surface area contributed by atoms with E-state index < -0.39 is 15.1 Å². The first-order valence-electron chi connectivity index (χ1n) is 8.56. The topological polar surface area (TPSA) is 74.6 Å². The molecule has 0 spiro atoms. The third-order valence-electron chi connectivity index (χ3n) is 4.20. The van der Waals surface area contributed by atoms with E-state index in [1.807, 2.05) is 0 Å². The predicted octanol–water partition coefficient (Wildman–Crippen LogP) is 4.67. The fraction of sp³-hybridized carbons (Fsp3) is 1.00. The van der Waals surface area contributed by atoms with Crippen molar-refractivity contribution >= 4 is 10.1 Å². The van der Waals surface area contributed by atoms with Crippen LogP contribution in [0.1, 0.15) is 97.3 Å². The van der Waals surface area contributed by atoms with Gasteiger partial charge in [-0.15, -0.1) is 0 Å². The minimum Gasteiger partial charge on any atom is -0.372 e. The summed E-state index contributed by atoms with van der Waals surface area (Å²) in [6.07, 6.45) is 13.1. The number of hydrogen-bond acceptors (Lipinski definition) is 3. The lowest BCUT2D eigenvalue weighted by Crippen LogP contribution is -2.37. The van der Waals surface area contributed by atoms with Gasteiger partial charge in [0.2, 0.25) is 0 Å². The summed E-state index contributed by atoms with van der Waals surface area (Å²) in [7, 11) is -4.37. The first-order chi connectivity index (χ1) is 9.87. The van der Waals surface area contributed by atoms with Crippen molar-refractivity contribution in [2.75, 3.05) is 0 Å². The Morgan fingerprint density at radius 2 is 1.14 bits per heavy atom. The summed E-state index contributed by atoms with van der Waals surface area (Å²) in [6, 6.07) is 0. The van der Waals surface area contributed by atoms with Crippen LogP contribution in [0.25, 0.3) is 0 Å². The third-order valence-corrected chi connectivity index (χ3v) is 5.66. The Morgan fingerprint density at radius 1 is 0.762 bits per heavy atom. The van der Waals surface area contributed by atoms with Gasteiger partial charge >= 0.3 is 0 Å². The van der Waals surface area contributed by atoms with Crippen LogP contribution in [0.15, 0.2) is 0 Å². The summed E-state index contributed by atoms with van der Waals surface area (Å²) < 4.78 is 31.2. The summed E-state index contributed by atoms with van der Waals surface area (Å²) in [4.78, 5) is -1.95. The minimum absolute atomic E-state index is 0.0313. The van der Waals surface area contributed by atoms with Gasteiger partial charge in [0.25, 0.3) is 10.1 Å². The van der Waals surface area contributed by atoms with E-state index in [1.165, 1.54) is 51.4 Å². The molecule has 0 amide bonds. The summed E-state index contributed by atoms with van der Waals surface area (Å²) in [5.41, 5.74) is 0. The van der Waals surface area contributed by atoms with Crippen LogP contribution in [0.3, 0.4) is 0 Å². The molecule has 0 saturated heterocycles. The van der Waals surface area contributed by atoms with Gasteiger partial charge in [-0.2, -0.15) is 8.42 Å². The molecule has 1 atom stereocenters. The molecule has 5 heteroatoms. The molecule has 0 heterocycles. The van der Waals surface area contributed by atoms with Crippen molar-refractivity contribution in [1.29, 1.82) is 0 Å². The van der Waals surface area contributed by atoms with Crippen molar-refractivity contribution in [3.63, 3.8) is 0 Å². The van der Waals surface area contributed by atoms with Crippen LogP contribution in [0.4, 0.5) is 0 Å². The maximum Gasteiger partial charge on any atom is 0.294 e. The summed E-state index contributed by atoms with van der Waals surface area (Å²) in [5.74, 6) is 0. The first kappa shape index (κ1) is 20.9. The second-order valence-electron chi connectivity index (χ2n) is 6.06. The Kier molecular flexibility index (Phi) is 11.4. The molecule has 21 heavy (non-hydrogen) atoms. The minimum atomic E-state index is -4.37. The predicted molar refractivity (Wildman–Crippen MR) is 87.9 cm³/mol. The van der Waals surface area contributed by atoms with Crippen LogP contribution in [0, 0.1) is 0 Å². The van der Waals surface area contributed by atoms with E-state index in [4.69, 9.17) is 4.55 Å². The monoisotopic (exact) mass is 322 g/mol. The number of aliphatic hydroxyl groups is 1. The Balaban J connectivity index is 3.52. The third kappa shape index (κ3) is 9.48. The number of unbranched alkanes of at least 4 members (excludes halogenated alkanes) is 10. The van der Waals surface area contributed by atoms with Crippen LogP contribution in [0.5, 0.6) is 0 Å². The molecule has 1 unspecified atom stereocenters. The SMILES string of the molecule is CCCCCCCCCCCCCC(O)(CC)S(=O)(=O)O. The molecule has 0 aromatic rings. The highest BCUT2D eigenvalue weighted by Crippen LogP contribution is 2.25. The van der Waals surface area contributed by atoms with Gasteiger partial charge in [-0.05, 0) is 19.3 Å². The lowest BCUT2D eigenvalue weighted by molar-refractivity contribution is 0.0965. The van der Waals surface area contributed by atoms with E-state index in [0.717, 1.165) is 12.8 Å². The highest BCUT2D eigenvalue weighted by atomic mass is 32.2. The molecule has 0 aromatic heterocycles. The van der Waals surface area contributed by atoms with Gasteiger partial charge in [0.1, 0.15) is 0 Å². The molecule has 128 valence electrons. The van der Waals surface area contributed by atoms with Gasteiger partial charge in [-0.1, -0.05) is 78.1 Å². The standard InChI is InChI=1S/C16H34O4S/c1-3-5-6-7-8-9-10-11-12-13-14-15-16(17,4-2)21(18,19)20/h17H,3-15H2,1-2H3,(H,18,19,20). The highest BCUT2D eigenvalue weighted by molar-refractivity contribution is 7.87. The van der Waals surface area contributed by atoms with E-state index in [2.05, 4.69) is 6.92 Å². The average Bonchev–Trinajstić information content (AvgIpc) is 2.43. The molecule has 0 saturated carbocycles. The van der Waals surface area contributed by atoms with Crippen molar-refractivity contribution in [3.8, 4) is 0 Å². The van der Waals surface area contributed by atoms with Crippen LogP contribution in [-0.4, -0.2) is 23.0 Å². The van der Waals surface area contributed by atoms with Crippen molar-refractivity contribution < 1.29 is 18.1 Å². The molecular formula is C16H34O4S. The fourth-order valence-electron chi connectivity index (χ4n) is 2.55. The molecule has 0 aliphatic carbocycles. The molecule has 0 bridgehead atoms. The quantitative estimate of drug-likeness (QED) is 0.360. The Bertz CT molecular complexity index is 340.